The van der Waals surface area contributed by atoms with Gasteiger partial charge in [-0.05, 0) is 37.7 Å². The Hall–Kier alpha value is -1.87. The lowest BCUT2D eigenvalue weighted by Gasteiger charge is -2.11. The number of aryl methyl sites for hydroxylation is 2. The summed E-state index contributed by atoms with van der Waals surface area (Å²) in [5, 5.41) is 4.07. The Bertz CT molecular complexity index is 919. The second-order valence-corrected chi connectivity index (χ2v) is 8.49. The Morgan fingerprint density at radius 1 is 1.33 bits per heavy atom. The van der Waals surface area contributed by atoms with Crippen LogP contribution >= 0.6 is 23.1 Å². The van der Waals surface area contributed by atoms with E-state index in [0.29, 0.717) is 18.1 Å². The van der Waals surface area contributed by atoms with Gasteiger partial charge in [-0.25, -0.2) is 4.98 Å². The number of amides is 1. The molecule has 0 saturated heterocycles. The van der Waals surface area contributed by atoms with Crippen molar-refractivity contribution in [3.63, 3.8) is 0 Å². The van der Waals surface area contributed by atoms with Gasteiger partial charge in [-0.2, -0.15) is 0 Å². The standard InChI is InChI=1S/C18H23N3O4S2/c1-21-17(24)15-11-6-3-4-7-12(11)27-16(15)20-18(21)26-10-13(22)19-9-5-8-14(23)25-2/h3-10H2,1-2H3,(H,19,22). The normalized spacial score (nSPS) is 13.4. The Morgan fingerprint density at radius 3 is 2.89 bits per heavy atom. The number of nitrogens with one attached hydrogen (secondary N) is 1. The smallest absolute Gasteiger partial charge is 0.305 e. The minimum absolute atomic E-state index is 0.0274. The molecule has 1 N–H and O–H groups in total. The molecule has 0 unspecified atom stereocenters. The molecule has 0 radical (unpaired) electrons. The van der Waals surface area contributed by atoms with Gasteiger partial charge in [0.15, 0.2) is 5.16 Å². The largest absolute Gasteiger partial charge is 0.469 e. The molecule has 0 bridgehead atoms. The first-order chi connectivity index (χ1) is 13.0. The fraction of sp³-hybridized carbons (Fsp3) is 0.556. The van der Waals surface area contributed by atoms with Gasteiger partial charge in [0.25, 0.3) is 5.56 Å². The van der Waals surface area contributed by atoms with Crippen LogP contribution in [-0.4, -0.2) is 40.8 Å². The number of carbonyl (C=O) groups is 2. The Kier molecular flexibility index (Phi) is 6.54. The van der Waals surface area contributed by atoms with Gasteiger partial charge in [-0.1, -0.05) is 11.8 Å². The highest BCUT2D eigenvalue weighted by Crippen LogP contribution is 2.34. The number of rotatable bonds is 7. The van der Waals surface area contributed by atoms with Crippen LogP contribution in [0.1, 0.15) is 36.1 Å². The SMILES string of the molecule is COC(=O)CCCNC(=O)CSc1nc2sc3c(c2c(=O)n1C)CCCC3. The second-order valence-electron chi connectivity index (χ2n) is 6.47. The Balaban J connectivity index is 1.63. The van der Waals surface area contributed by atoms with E-state index in [1.165, 1.54) is 29.3 Å². The molecule has 0 aromatic carbocycles. The van der Waals surface area contributed by atoms with Crippen LogP contribution in [0.15, 0.2) is 9.95 Å². The maximum atomic E-state index is 12.8. The van der Waals surface area contributed by atoms with Gasteiger partial charge in [0.05, 0.1) is 18.2 Å². The minimum atomic E-state index is -0.287. The van der Waals surface area contributed by atoms with Crippen molar-refractivity contribution in [3.8, 4) is 0 Å². The number of esters is 1. The van der Waals surface area contributed by atoms with Crippen molar-refractivity contribution in [2.24, 2.45) is 7.05 Å². The molecule has 9 heteroatoms. The van der Waals surface area contributed by atoms with E-state index in [0.717, 1.165) is 35.9 Å². The quantitative estimate of drug-likeness (QED) is 0.326. The summed E-state index contributed by atoms with van der Waals surface area (Å²) in [5.41, 5.74) is 1.15. The summed E-state index contributed by atoms with van der Waals surface area (Å²) in [6.07, 6.45) is 5.07. The van der Waals surface area contributed by atoms with Gasteiger partial charge in [0, 0.05) is 24.9 Å². The van der Waals surface area contributed by atoms with Crippen LogP contribution in [0.5, 0.6) is 0 Å². The summed E-state index contributed by atoms with van der Waals surface area (Å²) in [4.78, 5) is 42.5. The molecule has 0 saturated carbocycles. The summed E-state index contributed by atoms with van der Waals surface area (Å²) in [5.74, 6) is -0.260. The van der Waals surface area contributed by atoms with E-state index in [-0.39, 0.29) is 29.6 Å². The maximum absolute atomic E-state index is 12.8. The molecule has 1 amide bonds. The first-order valence-electron chi connectivity index (χ1n) is 8.99. The molecule has 2 aromatic heterocycles. The zero-order valence-electron chi connectivity index (χ0n) is 15.5. The topological polar surface area (TPSA) is 90.3 Å². The lowest BCUT2D eigenvalue weighted by atomic mass is 9.97. The molecular weight excluding hydrogens is 386 g/mol. The molecular formula is C18H23N3O4S2. The zero-order chi connectivity index (χ0) is 19.4. The number of nitrogens with zero attached hydrogens (tertiary/aromatic N) is 2. The third kappa shape index (κ3) is 4.52. The molecule has 1 aliphatic carbocycles. The molecule has 1 aliphatic rings. The third-order valence-electron chi connectivity index (χ3n) is 4.60. The van der Waals surface area contributed by atoms with Crippen LogP contribution < -0.4 is 10.9 Å². The van der Waals surface area contributed by atoms with E-state index in [4.69, 9.17) is 0 Å². The molecule has 3 rings (SSSR count). The number of hydrogen-bond donors (Lipinski definition) is 1. The summed E-state index contributed by atoms with van der Waals surface area (Å²) in [6, 6.07) is 0. The lowest BCUT2D eigenvalue weighted by Crippen LogP contribution is -2.27. The van der Waals surface area contributed by atoms with Crippen LogP contribution in [0.3, 0.4) is 0 Å². The van der Waals surface area contributed by atoms with E-state index in [1.54, 1.807) is 23.0 Å². The van der Waals surface area contributed by atoms with Crippen molar-refractivity contribution in [2.75, 3.05) is 19.4 Å². The van der Waals surface area contributed by atoms with Gasteiger partial charge >= 0.3 is 5.97 Å². The van der Waals surface area contributed by atoms with Crippen molar-refractivity contribution >= 4 is 45.2 Å². The fourth-order valence-corrected chi connectivity index (χ4v) is 5.24. The fourth-order valence-electron chi connectivity index (χ4n) is 3.14. The highest BCUT2D eigenvalue weighted by atomic mass is 32.2. The van der Waals surface area contributed by atoms with E-state index in [9.17, 15) is 14.4 Å². The number of carbonyl (C=O) groups excluding carboxylic acids is 2. The molecule has 0 atom stereocenters. The molecule has 2 heterocycles. The molecule has 0 aliphatic heterocycles. The van der Waals surface area contributed by atoms with Crippen LogP contribution in [0.2, 0.25) is 0 Å². The highest BCUT2D eigenvalue weighted by molar-refractivity contribution is 7.99. The summed E-state index contributed by atoms with van der Waals surface area (Å²) in [7, 11) is 3.05. The minimum Gasteiger partial charge on any atom is -0.469 e. The average Bonchev–Trinajstić information content (AvgIpc) is 3.05. The zero-order valence-corrected chi connectivity index (χ0v) is 17.1. The summed E-state index contributed by atoms with van der Waals surface area (Å²) >= 11 is 2.86. The Labute approximate surface area is 165 Å². The first kappa shape index (κ1) is 19.9. The van der Waals surface area contributed by atoms with Crippen LogP contribution in [-0.2, 0) is 34.2 Å². The molecule has 2 aromatic rings. The van der Waals surface area contributed by atoms with E-state index >= 15 is 0 Å². The van der Waals surface area contributed by atoms with Crippen molar-refractivity contribution < 1.29 is 14.3 Å². The van der Waals surface area contributed by atoms with E-state index in [2.05, 4.69) is 15.0 Å². The summed E-state index contributed by atoms with van der Waals surface area (Å²) < 4.78 is 6.10. The number of thioether (sulfide) groups is 1. The lowest BCUT2D eigenvalue weighted by molar-refractivity contribution is -0.140. The van der Waals surface area contributed by atoms with Crippen molar-refractivity contribution in [1.82, 2.24) is 14.9 Å². The van der Waals surface area contributed by atoms with Crippen LogP contribution in [0.25, 0.3) is 10.2 Å². The van der Waals surface area contributed by atoms with Crippen LogP contribution in [0, 0.1) is 0 Å². The average molecular weight is 410 g/mol. The van der Waals surface area contributed by atoms with Gasteiger partial charge in [0.2, 0.25) is 5.91 Å². The van der Waals surface area contributed by atoms with Gasteiger partial charge in [-0.3, -0.25) is 19.0 Å². The number of hydrogen-bond acceptors (Lipinski definition) is 7. The third-order valence-corrected chi connectivity index (χ3v) is 6.81. The molecule has 7 nitrogen and oxygen atoms in total. The van der Waals surface area contributed by atoms with Gasteiger partial charge in [-0.15, -0.1) is 11.3 Å². The Morgan fingerprint density at radius 2 is 2.11 bits per heavy atom. The highest BCUT2D eigenvalue weighted by Gasteiger charge is 2.21. The summed E-state index contributed by atoms with van der Waals surface area (Å²) in [6.45, 7) is 0.414. The number of thiophene rings is 1. The van der Waals surface area contributed by atoms with Crippen molar-refractivity contribution in [1.29, 1.82) is 0 Å². The number of aromatic nitrogens is 2. The van der Waals surface area contributed by atoms with Crippen molar-refractivity contribution in [2.45, 2.75) is 43.7 Å². The van der Waals surface area contributed by atoms with E-state index < -0.39 is 0 Å². The van der Waals surface area contributed by atoms with Gasteiger partial charge in [0.1, 0.15) is 4.83 Å². The predicted octanol–water partition coefficient (Wildman–Crippen LogP) is 2.04. The molecule has 146 valence electrons. The number of fused-ring (bicyclic) bond motifs is 3. The second kappa shape index (κ2) is 8.88. The molecule has 27 heavy (non-hydrogen) atoms. The van der Waals surface area contributed by atoms with Crippen molar-refractivity contribution in [3.05, 3.63) is 20.8 Å². The maximum Gasteiger partial charge on any atom is 0.305 e. The number of ether oxygens (including phenoxy) is 1. The van der Waals surface area contributed by atoms with E-state index in [1.807, 2.05) is 0 Å². The monoisotopic (exact) mass is 409 g/mol. The first-order valence-corrected chi connectivity index (χ1v) is 10.8. The van der Waals surface area contributed by atoms with Gasteiger partial charge < -0.3 is 10.1 Å². The molecule has 0 fully saturated rings. The van der Waals surface area contributed by atoms with Crippen LogP contribution in [0.4, 0.5) is 0 Å². The number of methoxy groups -OCH3 is 1. The molecule has 0 spiro atoms. The predicted molar refractivity (Wildman–Crippen MR) is 106 cm³/mol.